The molecule has 0 aliphatic heterocycles. The van der Waals surface area contributed by atoms with Crippen molar-refractivity contribution < 1.29 is 17.9 Å². The standard InChI is InChI=1S/C24H22ClN3O4S2/c1-32-18-7-9-19(10-8-18)34(30,31)15-3-6-22(29)28(16-17-11-13-26-14-12-17)24-27-23-20(25)4-2-5-21(23)33-24/h2,4-5,7-14H,3,6,15-16H2,1H3. The van der Waals surface area contributed by atoms with Crippen LogP contribution in [0, 0.1) is 0 Å². The highest BCUT2D eigenvalue weighted by Gasteiger charge is 2.22. The Morgan fingerprint density at radius 1 is 1.09 bits per heavy atom. The molecule has 2 aromatic heterocycles. The fourth-order valence-electron chi connectivity index (χ4n) is 3.40. The number of halogens is 1. The molecule has 0 bridgehead atoms. The molecule has 0 unspecified atom stereocenters. The van der Waals surface area contributed by atoms with Gasteiger partial charge in [-0.05, 0) is 60.5 Å². The van der Waals surface area contributed by atoms with Crippen LogP contribution >= 0.6 is 22.9 Å². The molecular formula is C24H22ClN3O4S2. The number of methoxy groups -OCH3 is 1. The molecule has 4 rings (SSSR count). The summed E-state index contributed by atoms with van der Waals surface area (Å²) in [6, 6.07) is 15.4. The second-order valence-electron chi connectivity index (χ2n) is 7.52. The zero-order chi connectivity index (χ0) is 24.1. The Kier molecular flexibility index (Phi) is 7.45. The highest BCUT2D eigenvalue weighted by Crippen LogP contribution is 2.34. The lowest BCUT2D eigenvalue weighted by Gasteiger charge is -2.20. The van der Waals surface area contributed by atoms with Gasteiger partial charge in [-0.1, -0.05) is 29.0 Å². The summed E-state index contributed by atoms with van der Waals surface area (Å²) in [7, 11) is -2.00. The zero-order valence-corrected chi connectivity index (χ0v) is 20.7. The van der Waals surface area contributed by atoms with Crippen molar-refractivity contribution in [2.75, 3.05) is 17.8 Å². The normalized spacial score (nSPS) is 11.5. The number of fused-ring (bicyclic) bond motifs is 1. The van der Waals surface area contributed by atoms with Gasteiger partial charge in [0.1, 0.15) is 11.3 Å². The Morgan fingerprint density at radius 2 is 1.82 bits per heavy atom. The minimum atomic E-state index is -3.52. The molecule has 34 heavy (non-hydrogen) atoms. The third-order valence-corrected chi connectivity index (χ3v) is 8.37. The number of benzene rings is 2. The van der Waals surface area contributed by atoms with E-state index >= 15 is 0 Å². The quantitative estimate of drug-likeness (QED) is 0.306. The third kappa shape index (κ3) is 5.55. The van der Waals surface area contributed by atoms with Crippen LogP contribution in [0.3, 0.4) is 0 Å². The number of para-hydroxylation sites is 1. The summed E-state index contributed by atoms with van der Waals surface area (Å²) in [5, 5.41) is 1.03. The predicted octanol–water partition coefficient (Wildman–Crippen LogP) is 5.14. The van der Waals surface area contributed by atoms with E-state index in [1.165, 1.54) is 30.6 Å². The van der Waals surface area contributed by atoms with Gasteiger partial charge in [-0.15, -0.1) is 0 Å². The average molecular weight is 516 g/mol. The number of aromatic nitrogens is 2. The van der Waals surface area contributed by atoms with Crippen molar-refractivity contribution in [3.05, 3.63) is 77.6 Å². The molecule has 2 heterocycles. The molecule has 7 nitrogen and oxygen atoms in total. The summed E-state index contributed by atoms with van der Waals surface area (Å²) >= 11 is 7.65. The lowest BCUT2D eigenvalue weighted by Crippen LogP contribution is -2.30. The SMILES string of the molecule is COc1ccc(S(=O)(=O)CCCC(=O)N(Cc2ccncc2)c2nc3c(Cl)cccc3s2)cc1. The molecule has 2 aromatic carbocycles. The van der Waals surface area contributed by atoms with E-state index in [2.05, 4.69) is 9.97 Å². The highest BCUT2D eigenvalue weighted by molar-refractivity contribution is 7.91. The summed E-state index contributed by atoms with van der Waals surface area (Å²) in [5.74, 6) is 0.230. The molecule has 0 saturated heterocycles. The van der Waals surface area contributed by atoms with E-state index in [4.69, 9.17) is 16.3 Å². The van der Waals surface area contributed by atoms with E-state index in [9.17, 15) is 13.2 Å². The van der Waals surface area contributed by atoms with Crippen molar-refractivity contribution in [1.82, 2.24) is 9.97 Å². The molecule has 1 amide bonds. The molecule has 0 radical (unpaired) electrons. The second kappa shape index (κ2) is 10.5. The summed E-state index contributed by atoms with van der Waals surface area (Å²) in [4.78, 5) is 23.7. The van der Waals surface area contributed by atoms with Crippen LogP contribution < -0.4 is 9.64 Å². The topological polar surface area (TPSA) is 89.5 Å². The van der Waals surface area contributed by atoms with E-state index in [0.29, 0.717) is 28.0 Å². The average Bonchev–Trinajstić information content (AvgIpc) is 3.28. The smallest absolute Gasteiger partial charge is 0.229 e. The van der Waals surface area contributed by atoms with Crippen LogP contribution in [0.15, 0.2) is 71.9 Å². The number of pyridine rings is 1. The number of carbonyl (C=O) groups excluding carboxylic acids is 1. The van der Waals surface area contributed by atoms with Crippen LogP contribution in [-0.4, -0.2) is 37.2 Å². The summed E-state index contributed by atoms with van der Waals surface area (Å²) in [6.45, 7) is 0.296. The van der Waals surface area contributed by atoms with Gasteiger partial charge in [-0.2, -0.15) is 0 Å². The number of anilines is 1. The minimum Gasteiger partial charge on any atom is -0.497 e. The number of thiazole rings is 1. The van der Waals surface area contributed by atoms with Crippen molar-refractivity contribution in [3.8, 4) is 5.75 Å². The van der Waals surface area contributed by atoms with Gasteiger partial charge >= 0.3 is 0 Å². The molecule has 4 aromatic rings. The highest BCUT2D eigenvalue weighted by atomic mass is 35.5. The van der Waals surface area contributed by atoms with Crippen molar-refractivity contribution >= 4 is 54.0 Å². The van der Waals surface area contributed by atoms with Crippen LogP contribution in [0.1, 0.15) is 18.4 Å². The minimum absolute atomic E-state index is 0.0596. The van der Waals surface area contributed by atoms with E-state index in [1.54, 1.807) is 35.5 Å². The van der Waals surface area contributed by atoms with E-state index in [-0.39, 0.29) is 29.4 Å². The number of sulfone groups is 1. The Bertz CT molecular complexity index is 1390. The molecule has 10 heteroatoms. The fraction of sp³-hybridized carbons (Fsp3) is 0.208. The van der Waals surface area contributed by atoms with Gasteiger partial charge in [-0.3, -0.25) is 14.7 Å². The van der Waals surface area contributed by atoms with Crippen molar-refractivity contribution in [2.24, 2.45) is 0 Å². The maximum absolute atomic E-state index is 13.2. The van der Waals surface area contributed by atoms with Crippen LogP contribution in [0.4, 0.5) is 5.13 Å². The number of hydrogen-bond acceptors (Lipinski definition) is 7. The number of rotatable bonds is 9. The molecule has 0 N–H and O–H groups in total. The number of amides is 1. The van der Waals surface area contributed by atoms with Crippen molar-refractivity contribution in [3.63, 3.8) is 0 Å². The van der Waals surface area contributed by atoms with Gasteiger partial charge in [0.05, 0.1) is 34.0 Å². The summed E-state index contributed by atoms with van der Waals surface area (Å²) in [6.07, 6.45) is 3.57. The first kappa shape index (κ1) is 24.1. The number of carbonyl (C=O) groups is 1. The lowest BCUT2D eigenvalue weighted by atomic mass is 10.2. The number of hydrogen-bond donors (Lipinski definition) is 0. The first-order chi connectivity index (χ1) is 16.4. The molecular weight excluding hydrogens is 494 g/mol. The van der Waals surface area contributed by atoms with Gasteiger partial charge < -0.3 is 4.74 Å². The zero-order valence-electron chi connectivity index (χ0n) is 18.3. The molecule has 0 saturated carbocycles. The molecule has 0 fully saturated rings. The number of ether oxygens (including phenoxy) is 1. The Hall–Kier alpha value is -3.01. The lowest BCUT2D eigenvalue weighted by molar-refractivity contribution is -0.118. The maximum Gasteiger partial charge on any atom is 0.229 e. The summed E-state index contributed by atoms with van der Waals surface area (Å²) < 4.78 is 31.4. The molecule has 0 aliphatic rings. The van der Waals surface area contributed by atoms with E-state index < -0.39 is 9.84 Å². The fourth-order valence-corrected chi connectivity index (χ4v) is 5.99. The van der Waals surface area contributed by atoms with Crippen LogP contribution in [0.25, 0.3) is 10.2 Å². The first-order valence-electron chi connectivity index (χ1n) is 10.5. The molecule has 0 spiro atoms. The predicted molar refractivity (Wildman–Crippen MR) is 134 cm³/mol. The Balaban J connectivity index is 1.51. The van der Waals surface area contributed by atoms with Gasteiger partial charge in [0.15, 0.2) is 15.0 Å². The van der Waals surface area contributed by atoms with E-state index in [0.717, 1.165) is 10.3 Å². The second-order valence-corrected chi connectivity index (χ2v) is 11.0. The monoisotopic (exact) mass is 515 g/mol. The van der Waals surface area contributed by atoms with E-state index in [1.807, 2.05) is 24.3 Å². The maximum atomic E-state index is 13.2. The number of nitrogens with zero attached hydrogens (tertiary/aromatic N) is 3. The van der Waals surface area contributed by atoms with Gasteiger partial charge in [0.25, 0.3) is 0 Å². The largest absolute Gasteiger partial charge is 0.497 e. The van der Waals surface area contributed by atoms with Crippen LogP contribution in [0.2, 0.25) is 5.02 Å². The third-order valence-electron chi connectivity index (χ3n) is 5.20. The van der Waals surface area contributed by atoms with Crippen LogP contribution in [-0.2, 0) is 21.2 Å². The Labute approximate surface area is 206 Å². The molecule has 176 valence electrons. The van der Waals surface area contributed by atoms with Gasteiger partial charge in [0, 0.05) is 18.8 Å². The first-order valence-corrected chi connectivity index (χ1v) is 13.3. The molecule has 0 aliphatic carbocycles. The van der Waals surface area contributed by atoms with Crippen molar-refractivity contribution in [1.29, 1.82) is 0 Å². The van der Waals surface area contributed by atoms with Gasteiger partial charge in [-0.25, -0.2) is 13.4 Å². The summed E-state index contributed by atoms with van der Waals surface area (Å²) in [5.41, 5.74) is 1.53. The molecule has 0 atom stereocenters. The van der Waals surface area contributed by atoms with Crippen LogP contribution in [0.5, 0.6) is 5.75 Å². The van der Waals surface area contributed by atoms with Gasteiger partial charge in [0.2, 0.25) is 5.91 Å². The Morgan fingerprint density at radius 3 is 2.50 bits per heavy atom. The van der Waals surface area contributed by atoms with Crippen molar-refractivity contribution in [2.45, 2.75) is 24.3 Å².